The van der Waals surface area contributed by atoms with Crippen molar-refractivity contribution in [1.29, 1.82) is 0 Å². The fourth-order valence-electron chi connectivity index (χ4n) is 2.05. The van der Waals surface area contributed by atoms with E-state index in [4.69, 9.17) is 4.98 Å². The van der Waals surface area contributed by atoms with Crippen LogP contribution in [0, 0.1) is 6.92 Å². The van der Waals surface area contributed by atoms with E-state index < -0.39 is 0 Å². The Hall–Kier alpha value is -1.46. The van der Waals surface area contributed by atoms with Crippen LogP contribution < -0.4 is 5.32 Å². The Morgan fingerprint density at radius 3 is 2.74 bits per heavy atom. The second-order valence-corrected chi connectivity index (χ2v) is 6.26. The fraction of sp³-hybridized carbons (Fsp3) is 0.286. The zero-order valence-corrected chi connectivity index (χ0v) is 12.8. The average molecular weight is 289 g/mol. The highest BCUT2D eigenvalue weighted by Crippen LogP contribution is 2.33. The van der Waals surface area contributed by atoms with Gasteiger partial charge in [0, 0.05) is 22.9 Å². The van der Waals surface area contributed by atoms with Gasteiger partial charge in [0.25, 0.3) is 0 Å². The van der Waals surface area contributed by atoms with Crippen molar-refractivity contribution in [2.75, 3.05) is 12.4 Å². The van der Waals surface area contributed by atoms with Crippen LogP contribution in [0.3, 0.4) is 0 Å². The molecule has 0 atom stereocenters. The molecule has 98 valence electrons. The number of anilines is 1. The van der Waals surface area contributed by atoms with Crippen LogP contribution in [0.4, 0.5) is 5.82 Å². The summed E-state index contributed by atoms with van der Waals surface area (Å²) in [4.78, 5) is 11.8. The molecule has 0 aromatic carbocycles. The van der Waals surface area contributed by atoms with Gasteiger partial charge in [-0.15, -0.1) is 11.3 Å². The van der Waals surface area contributed by atoms with Gasteiger partial charge in [-0.1, -0.05) is 6.92 Å². The first-order valence-corrected chi connectivity index (χ1v) is 8.00. The first kappa shape index (κ1) is 12.6. The van der Waals surface area contributed by atoms with E-state index in [1.807, 2.05) is 7.05 Å². The first-order chi connectivity index (χ1) is 9.22. The molecule has 19 heavy (non-hydrogen) atoms. The van der Waals surface area contributed by atoms with Gasteiger partial charge in [-0.2, -0.15) is 11.3 Å². The minimum absolute atomic E-state index is 0.820. The van der Waals surface area contributed by atoms with E-state index in [-0.39, 0.29) is 0 Å². The van der Waals surface area contributed by atoms with Gasteiger partial charge >= 0.3 is 0 Å². The number of aromatic nitrogens is 2. The van der Waals surface area contributed by atoms with Gasteiger partial charge in [0.1, 0.15) is 10.6 Å². The Morgan fingerprint density at radius 1 is 1.26 bits per heavy atom. The summed E-state index contributed by atoms with van der Waals surface area (Å²) in [6.45, 7) is 4.27. The topological polar surface area (TPSA) is 37.8 Å². The smallest absolute Gasteiger partial charge is 0.164 e. The summed E-state index contributed by atoms with van der Waals surface area (Å²) >= 11 is 3.45. The number of aryl methyl sites for hydroxylation is 2. The lowest BCUT2D eigenvalue weighted by molar-refractivity contribution is 1.19. The van der Waals surface area contributed by atoms with E-state index in [1.165, 1.54) is 10.4 Å². The monoisotopic (exact) mass is 289 g/mol. The molecule has 0 unspecified atom stereocenters. The van der Waals surface area contributed by atoms with Gasteiger partial charge in [0.2, 0.25) is 0 Å². The maximum atomic E-state index is 4.73. The van der Waals surface area contributed by atoms with E-state index in [0.717, 1.165) is 33.8 Å². The molecule has 0 spiro atoms. The lowest BCUT2D eigenvalue weighted by atomic mass is 10.2. The van der Waals surface area contributed by atoms with Gasteiger partial charge in [0.15, 0.2) is 5.82 Å². The highest BCUT2D eigenvalue weighted by atomic mass is 32.1. The lowest BCUT2D eigenvalue weighted by Gasteiger charge is -2.04. The summed E-state index contributed by atoms with van der Waals surface area (Å²) in [6.07, 6.45) is 1.04. The Morgan fingerprint density at radius 2 is 2.11 bits per heavy atom. The zero-order valence-electron chi connectivity index (χ0n) is 11.2. The van der Waals surface area contributed by atoms with Crippen molar-refractivity contribution in [3.05, 3.63) is 27.3 Å². The van der Waals surface area contributed by atoms with Crippen molar-refractivity contribution in [2.45, 2.75) is 20.3 Å². The molecule has 0 bridgehead atoms. The molecule has 5 heteroatoms. The van der Waals surface area contributed by atoms with Crippen LogP contribution in [-0.2, 0) is 6.42 Å². The maximum Gasteiger partial charge on any atom is 0.164 e. The predicted molar refractivity (Wildman–Crippen MR) is 84.4 cm³/mol. The third-order valence-corrected chi connectivity index (χ3v) is 5.16. The minimum Gasteiger partial charge on any atom is -0.372 e. The molecule has 3 heterocycles. The third kappa shape index (κ3) is 2.13. The van der Waals surface area contributed by atoms with Crippen LogP contribution in [0.25, 0.3) is 21.6 Å². The molecule has 0 aliphatic rings. The number of hydrogen-bond acceptors (Lipinski definition) is 5. The second kappa shape index (κ2) is 4.90. The largest absolute Gasteiger partial charge is 0.372 e. The predicted octanol–water partition coefficient (Wildman–Crippen LogP) is 4.33. The summed E-state index contributed by atoms with van der Waals surface area (Å²) in [5.41, 5.74) is 2.37. The van der Waals surface area contributed by atoms with Gasteiger partial charge in [-0.25, -0.2) is 9.97 Å². The zero-order chi connectivity index (χ0) is 13.4. The first-order valence-electron chi connectivity index (χ1n) is 6.24. The average Bonchev–Trinajstić information content (AvgIpc) is 3.02. The summed E-state index contributed by atoms with van der Waals surface area (Å²) < 4.78 is 0. The maximum absolute atomic E-state index is 4.73. The van der Waals surface area contributed by atoms with Crippen molar-refractivity contribution >= 4 is 38.7 Å². The number of thiophene rings is 2. The number of nitrogens with zero attached hydrogens (tertiary/aromatic N) is 2. The summed E-state index contributed by atoms with van der Waals surface area (Å²) in [7, 11) is 1.91. The molecule has 3 rings (SSSR count). The Balaban J connectivity index is 2.25. The van der Waals surface area contributed by atoms with Crippen LogP contribution in [0.5, 0.6) is 0 Å². The van der Waals surface area contributed by atoms with Crippen molar-refractivity contribution in [3.63, 3.8) is 0 Å². The minimum atomic E-state index is 0.820. The molecule has 3 aromatic heterocycles. The molecule has 3 aromatic rings. The van der Waals surface area contributed by atoms with Crippen molar-refractivity contribution < 1.29 is 0 Å². The van der Waals surface area contributed by atoms with Crippen LogP contribution in [0.15, 0.2) is 16.8 Å². The number of fused-ring (bicyclic) bond motifs is 1. The van der Waals surface area contributed by atoms with Crippen LogP contribution in [0.2, 0.25) is 0 Å². The highest BCUT2D eigenvalue weighted by molar-refractivity contribution is 7.18. The molecular weight excluding hydrogens is 274 g/mol. The van der Waals surface area contributed by atoms with Crippen molar-refractivity contribution in [3.8, 4) is 11.4 Å². The fourth-order valence-corrected chi connectivity index (χ4v) is 3.84. The van der Waals surface area contributed by atoms with Crippen LogP contribution >= 0.6 is 22.7 Å². The van der Waals surface area contributed by atoms with Crippen LogP contribution in [-0.4, -0.2) is 17.0 Å². The van der Waals surface area contributed by atoms with Gasteiger partial charge in [-0.05, 0) is 30.4 Å². The second-order valence-electron chi connectivity index (χ2n) is 4.40. The Labute approximate surface area is 120 Å². The van der Waals surface area contributed by atoms with Crippen molar-refractivity contribution in [2.24, 2.45) is 0 Å². The Kier molecular flexibility index (Phi) is 3.24. The molecule has 0 aliphatic heterocycles. The lowest BCUT2D eigenvalue weighted by Crippen LogP contribution is -1.97. The van der Waals surface area contributed by atoms with Gasteiger partial charge in [-0.3, -0.25) is 0 Å². The molecule has 3 nitrogen and oxygen atoms in total. The normalized spacial score (nSPS) is 11.1. The van der Waals surface area contributed by atoms with E-state index in [2.05, 4.69) is 41.0 Å². The quantitative estimate of drug-likeness (QED) is 0.779. The van der Waals surface area contributed by atoms with Gasteiger partial charge < -0.3 is 5.32 Å². The van der Waals surface area contributed by atoms with E-state index in [0.29, 0.717) is 0 Å². The van der Waals surface area contributed by atoms with E-state index in [9.17, 15) is 0 Å². The number of hydrogen-bond donors (Lipinski definition) is 1. The SMILES string of the molecule is CCc1cc2c(NC)nc(-c3cscc3C)nc2s1. The van der Waals surface area contributed by atoms with E-state index in [1.54, 1.807) is 22.7 Å². The standard InChI is InChI=1S/C14H15N3S2/c1-4-9-5-10-12(15-3)16-13(17-14(10)19-9)11-7-18-6-8(11)2/h5-7H,4H2,1-3H3,(H,15,16,17). The molecular formula is C14H15N3S2. The van der Waals surface area contributed by atoms with Gasteiger partial charge in [0.05, 0.1) is 5.39 Å². The van der Waals surface area contributed by atoms with Crippen LogP contribution in [0.1, 0.15) is 17.4 Å². The molecule has 0 fully saturated rings. The Bertz CT molecular complexity index is 727. The molecule has 0 aliphatic carbocycles. The summed E-state index contributed by atoms with van der Waals surface area (Å²) in [6, 6.07) is 2.19. The number of nitrogens with one attached hydrogen (secondary N) is 1. The molecule has 1 N–H and O–H groups in total. The third-order valence-electron chi connectivity index (χ3n) is 3.13. The summed E-state index contributed by atoms with van der Waals surface area (Å²) in [5, 5.41) is 8.56. The molecule has 0 saturated heterocycles. The highest BCUT2D eigenvalue weighted by Gasteiger charge is 2.13. The summed E-state index contributed by atoms with van der Waals surface area (Å²) in [5.74, 6) is 1.74. The van der Waals surface area contributed by atoms with Crippen molar-refractivity contribution in [1.82, 2.24) is 9.97 Å². The number of rotatable bonds is 3. The molecule has 0 saturated carbocycles. The molecule has 0 radical (unpaired) electrons. The van der Waals surface area contributed by atoms with E-state index >= 15 is 0 Å². The molecule has 0 amide bonds.